The average Bonchev–Trinajstić information content (AvgIpc) is 2.78. The molecule has 1 aromatic carbocycles. The molecule has 1 aromatic heterocycles. The maximum Gasteiger partial charge on any atom is 0.139 e. The van der Waals surface area contributed by atoms with Crippen LogP contribution in [0, 0.1) is 5.82 Å². The fourth-order valence-corrected chi connectivity index (χ4v) is 3.50. The summed E-state index contributed by atoms with van der Waals surface area (Å²) in [5, 5.41) is 0. The van der Waals surface area contributed by atoms with E-state index in [1.54, 1.807) is 0 Å². The minimum absolute atomic E-state index is 0.276. The molecule has 1 saturated carbocycles. The molecule has 0 atom stereocenters. The second kappa shape index (κ2) is 5.41. The van der Waals surface area contributed by atoms with Gasteiger partial charge in [0, 0.05) is 12.1 Å². The molecule has 102 valence electrons. The quantitative estimate of drug-likeness (QED) is 0.686. The molecule has 5 heteroatoms. The van der Waals surface area contributed by atoms with Crippen molar-refractivity contribution >= 4 is 38.6 Å². The summed E-state index contributed by atoms with van der Waals surface area (Å²) in [6.07, 6.45) is 6.11. The molecular formula is C14H15BrClFN2. The maximum absolute atomic E-state index is 13.6. The molecule has 1 aliphatic carbocycles. The lowest BCUT2D eigenvalue weighted by molar-refractivity contribution is 0.354. The lowest BCUT2D eigenvalue weighted by Gasteiger charge is -2.25. The van der Waals surface area contributed by atoms with Crippen LogP contribution in [-0.2, 0) is 5.88 Å². The van der Waals surface area contributed by atoms with E-state index in [9.17, 15) is 4.39 Å². The number of imidazole rings is 1. The Morgan fingerprint density at radius 2 is 2.05 bits per heavy atom. The van der Waals surface area contributed by atoms with Crippen molar-refractivity contribution in [2.45, 2.75) is 44.0 Å². The summed E-state index contributed by atoms with van der Waals surface area (Å²) in [5.41, 5.74) is 1.68. The van der Waals surface area contributed by atoms with Gasteiger partial charge < -0.3 is 4.57 Å². The molecule has 19 heavy (non-hydrogen) atoms. The first kappa shape index (κ1) is 13.4. The van der Waals surface area contributed by atoms with Crippen LogP contribution in [0.15, 0.2) is 16.6 Å². The Bertz CT molecular complexity index is 605. The highest BCUT2D eigenvalue weighted by Gasteiger charge is 2.21. The number of alkyl halides is 1. The third-order valence-corrected chi connectivity index (χ3v) is 4.71. The SMILES string of the molecule is Fc1cc2nc(CCl)n(C3CCCCC3)c2cc1Br. The molecule has 2 nitrogen and oxygen atoms in total. The van der Waals surface area contributed by atoms with Crippen molar-refractivity contribution in [1.29, 1.82) is 0 Å². The van der Waals surface area contributed by atoms with E-state index in [1.807, 2.05) is 6.07 Å². The van der Waals surface area contributed by atoms with E-state index in [2.05, 4.69) is 25.5 Å². The van der Waals surface area contributed by atoms with Crippen LogP contribution in [0.2, 0.25) is 0 Å². The topological polar surface area (TPSA) is 17.8 Å². The molecule has 0 aliphatic heterocycles. The van der Waals surface area contributed by atoms with Gasteiger partial charge in [0.25, 0.3) is 0 Å². The van der Waals surface area contributed by atoms with Crippen molar-refractivity contribution in [2.24, 2.45) is 0 Å². The van der Waals surface area contributed by atoms with E-state index in [0.717, 1.165) is 24.2 Å². The van der Waals surface area contributed by atoms with Gasteiger partial charge in [0.05, 0.1) is 21.4 Å². The summed E-state index contributed by atoms with van der Waals surface area (Å²) in [7, 11) is 0. The monoisotopic (exact) mass is 344 g/mol. The number of benzene rings is 1. The molecular weight excluding hydrogens is 331 g/mol. The van der Waals surface area contributed by atoms with E-state index in [-0.39, 0.29) is 5.82 Å². The molecule has 2 aromatic rings. The molecule has 0 amide bonds. The molecule has 0 unspecified atom stereocenters. The summed E-state index contributed by atoms with van der Waals surface area (Å²) in [4.78, 5) is 4.48. The number of aromatic nitrogens is 2. The molecule has 1 heterocycles. The van der Waals surface area contributed by atoms with E-state index in [1.165, 1.54) is 25.3 Å². The fraction of sp³-hybridized carbons (Fsp3) is 0.500. The maximum atomic E-state index is 13.6. The summed E-state index contributed by atoms with van der Waals surface area (Å²) in [6, 6.07) is 3.75. The normalized spacial score (nSPS) is 17.2. The van der Waals surface area contributed by atoms with Crippen molar-refractivity contribution in [3.8, 4) is 0 Å². The zero-order valence-electron chi connectivity index (χ0n) is 10.5. The first-order valence-corrected chi connectivity index (χ1v) is 7.95. The zero-order valence-corrected chi connectivity index (χ0v) is 12.8. The number of nitrogens with zero attached hydrogens (tertiary/aromatic N) is 2. The molecule has 3 rings (SSSR count). The highest BCUT2D eigenvalue weighted by molar-refractivity contribution is 9.10. The van der Waals surface area contributed by atoms with Crippen molar-refractivity contribution < 1.29 is 4.39 Å². The van der Waals surface area contributed by atoms with E-state index >= 15 is 0 Å². The average molecular weight is 346 g/mol. The van der Waals surface area contributed by atoms with Crippen LogP contribution in [0.5, 0.6) is 0 Å². The molecule has 1 aliphatic rings. The van der Waals surface area contributed by atoms with Gasteiger partial charge in [-0.15, -0.1) is 11.6 Å². The summed E-state index contributed by atoms with van der Waals surface area (Å²) in [5.74, 6) is 0.938. The Kier molecular flexibility index (Phi) is 3.81. The van der Waals surface area contributed by atoms with Gasteiger partial charge in [0.1, 0.15) is 11.6 Å². The first-order valence-electron chi connectivity index (χ1n) is 6.62. The van der Waals surface area contributed by atoms with Crippen molar-refractivity contribution in [3.63, 3.8) is 0 Å². The number of rotatable bonds is 2. The highest BCUT2D eigenvalue weighted by Crippen LogP contribution is 2.34. The third kappa shape index (κ3) is 2.40. The van der Waals surface area contributed by atoms with Gasteiger partial charge in [-0.3, -0.25) is 0 Å². The second-order valence-corrected chi connectivity index (χ2v) is 6.20. The Hall–Kier alpha value is -0.610. The second-order valence-electron chi connectivity index (χ2n) is 5.08. The summed E-state index contributed by atoms with van der Waals surface area (Å²) >= 11 is 9.27. The fourth-order valence-electron chi connectivity index (χ4n) is 2.98. The highest BCUT2D eigenvalue weighted by atomic mass is 79.9. The summed E-state index contributed by atoms with van der Waals surface area (Å²) in [6.45, 7) is 0. The predicted octanol–water partition coefficient (Wildman–Crippen LogP) is 5.18. The lowest BCUT2D eigenvalue weighted by atomic mass is 9.95. The standard InChI is InChI=1S/C14H15BrClFN2/c15-10-6-13-12(7-11(10)17)18-14(8-16)19(13)9-4-2-1-3-5-9/h6-7,9H,1-5,8H2. The number of fused-ring (bicyclic) bond motifs is 1. The predicted molar refractivity (Wildman–Crippen MR) is 79.1 cm³/mol. The van der Waals surface area contributed by atoms with Gasteiger partial charge in [-0.05, 0) is 34.8 Å². The van der Waals surface area contributed by atoms with Crippen molar-refractivity contribution in [2.75, 3.05) is 0 Å². The Balaban J connectivity index is 2.16. The van der Waals surface area contributed by atoms with Crippen LogP contribution in [-0.4, -0.2) is 9.55 Å². The van der Waals surface area contributed by atoms with E-state index in [0.29, 0.717) is 21.9 Å². The summed E-state index contributed by atoms with van der Waals surface area (Å²) < 4.78 is 16.3. The minimum Gasteiger partial charge on any atom is -0.324 e. The van der Waals surface area contributed by atoms with Gasteiger partial charge in [0.2, 0.25) is 0 Å². The van der Waals surface area contributed by atoms with Crippen LogP contribution in [0.1, 0.15) is 44.0 Å². The van der Waals surface area contributed by atoms with E-state index in [4.69, 9.17) is 11.6 Å². The van der Waals surface area contributed by atoms with Gasteiger partial charge in [-0.25, -0.2) is 9.37 Å². The molecule has 0 saturated heterocycles. The van der Waals surface area contributed by atoms with E-state index < -0.39 is 0 Å². The Morgan fingerprint density at radius 1 is 1.32 bits per heavy atom. The van der Waals surface area contributed by atoms with Gasteiger partial charge in [0.15, 0.2) is 0 Å². The zero-order chi connectivity index (χ0) is 13.4. The first-order chi connectivity index (χ1) is 9.20. The third-order valence-electron chi connectivity index (χ3n) is 3.86. The molecule has 0 bridgehead atoms. The Morgan fingerprint density at radius 3 is 2.74 bits per heavy atom. The molecule has 0 spiro atoms. The Labute approximate surface area is 125 Å². The van der Waals surface area contributed by atoms with Crippen LogP contribution in [0.4, 0.5) is 4.39 Å². The largest absolute Gasteiger partial charge is 0.324 e. The van der Waals surface area contributed by atoms with Gasteiger partial charge in [-0.2, -0.15) is 0 Å². The van der Waals surface area contributed by atoms with Crippen LogP contribution in [0.25, 0.3) is 11.0 Å². The van der Waals surface area contributed by atoms with Crippen LogP contribution in [0.3, 0.4) is 0 Å². The minimum atomic E-state index is -0.276. The van der Waals surface area contributed by atoms with Crippen molar-refractivity contribution in [3.05, 3.63) is 28.2 Å². The lowest BCUT2D eigenvalue weighted by Crippen LogP contribution is -2.14. The molecule has 0 N–H and O–H groups in total. The van der Waals surface area contributed by atoms with Gasteiger partial charge in [-0.1, -0.05) is 19.3 Å². The number of halogens is 3. The van der Waals surface area contributed by atoms with Crippen LogP contribution >= 0.6 is 27.5 Å². The van der Waals surface area contributed by atoms with Crippen LogP contribution < -0.4 is 0 Å². The molecule has 0 radical (unpaired) electrons. The molecule has 1 fully saturated rings. The van der Waals surface area contributed by atoms with Gasteiger partial charge >= 0.3 is 0 Å². The smallest absolute Gasteiger partial charge is 0.139 e. The number of hydrogen-bond acceptors (Lipinski definition) is 1. The number of hydrogen-bond donors (Lipinski definition) is 0. The van der Waals surface area contributed by atoms with Crippen molar-refractivity contribution in [1.82, 2.24) is 9.55 Å².